The Labute approximate surface area is 168 Å². The molecule has 0 aliphatic carbocycles. The highest BCUT2D eigenvalue weighted by atomic mass is 14.9. The van der Waals surface area contributed by atoms with Crippen LogP contribution in [-0.4, -0.2) is 6.54 Å². The molecule has 0 amide bonds. The summed E-state index contributed by atoms with van der Waals surface area (Å²) in [5.74, 6) is 0. The van der Waals surface area contributed by atoms with E-state index in [1.54, 1.807) is 0 Å². The van der Waals surface area contributed by atoms with Gasteiger partial charge in [-0.15, -0.1) is 0 Å². The molecule has 0 spiro atoms. The highest BCUT2D eigenvalue weighted by Gasteiger charge is 2.07. The number of nitrogens with one attached hydrogen (secondary N) is 1. The van der Waals surface area contributed by atoms with Crippen molar-refractivity contribution in [2.24, 2.45) is 0 Å². The van der Waals surface area contributed by atoms with Crippen LogP contribution in [0, 0.1) is 0 Å². The number of rotatable bonds is 7. The molecular weight excluding hydrogens is 338 g/mol. The lowest BCUT2D eigenvalue weighted by molar-refractivity contribution is 0.558. The van der Waals surface area contributed by atoms with Gasteiger partial charge in [0, 0.05) is 6.04 Å². The third-order valence-electron chi connectivity index (χ3n) is 5.40. The van der Waals surface area contributed by atoms with E-state index in [1.165, 1.54) is 33.0 Å². The quantitative estimate of drug-likeness (QED) is 0.356. The Morgan fingerprint density at radius 2 is 1.43 bits per heavy atom. The number of aryl methyl sites for hydroxylation is 1. The molecule has 4 aromatic carbocycles. The fraction of sp³-hybridized carbons (Fsp3) is 0.185. The molecule has 1 nitrogen and oxygen atoms in total. The number of benzene rings is 4. The van der Waals surface area contributed by atoms with E-state index in [2.05, 4.69) is 109 Å². The second-order valence-electron chi connectivity index (χ2n) is 7.42. The van der Waals surface area contributed by atoms with Gasteiger partial charge >= 0.3 is 0 Å². The number of hydrogen-bond acceptors (Lipinski definition) is 1. The van der Waals surface area contributed by atoms with E-state index in [0.29, 0.717) is 6.04 Å². The van der Waals surface area contributed by atoms with Crippen LogP contribution >= 0.6 is 0 Å². The van der Waals surface area contributed by atoms with Crippen LogP contribution in [0.2, 0.25) is 0 Å². The van der Waals surface area contributed by atoms with Gasteiger partial charge in [-0.05, 0) is 59.3 Å². The number of fused-ring (bicyclic) bond motifs is 1. The molecule has 0 fully saturated rings. The summed E-state index contributed by atoms with van der Waals surface area (Å²) in [5, 5.41) is 6.30. The summed E-state index contributed by atoms with van der Waals surface area (Å²) in [6, 6.07) is 35.2. The van der Waals surface area contributed by atoms with E-state index < -0.39 is 0 Å². The zero-order valence-electron chi connectivity index (χ0n) is 16.4. The van der Waals surface area contributed by atoms with Crippen LogP contribution in [0.3, 0.4) is 0 Å². The predicted octanol–water partition coefficient (Wildman–Crippen LogP) is 6.79. The van der Waals surface area contributed by atoms with Gasteiger partial charge in [-0.1, -0.05) is 97.1 Å². The molecule has 0 saturated heterocycles. The Morgan fingerprint density at radius 3 is 2.21 bits per heavy atom. The van der Waals surface area contributed by atoms with Gasteiger partial charge < -0.3 is 5.32 Å². The van der Waals surface area contributed by atoms with Crippen molar-refractivity contribution in [2.75, 3.05) is 6.54 Å². The van der Waals surface area contributed by atoms with Crippen LogP contribution in [0.5, 0.6) is 0 Å². The molecule has 1 N–H and O–H groups in total. The van der Waals surface area contributed by atoms with Crippen molar-refractivity contribution in [3.05, 3.63) is 108 Å². The minimum atomic E-state index is 0.387. The molecule has 140 valence electrons. The maximum absolute atomic E-state index is 3.65. The van der Waals surface area contributed by atoms with Gasteiger partial charge in [-0.25, -0.2) is 0 Å². The molecular formula is C27H27N. The standard InChI is InChI=1S/C27H27N/c1-21(23-12-4-2-5-13-23)28-18-10-11-22-19-25-16-8-9-17-26(25)27(20-22)24-14-6-3-7-15-24/h2-9,12-17,19-21,28H,10-11,18H2,1H3. The molecule has 4 aromatic rings. The van der Waals surface area contributed by atoms with E-state index in [0.717, 1.165) is 19.4 Å². The predicted molar refractivity (Wildman–Crippen MR) is 121 cm³/mol. The highest BCUT2D eigenvalue weighted by Crippen LogP contribution is 2.30. The van der Waals surface area contributed by atoms with Gasteiger partial charge in [0.2, 0.25) is 0 Å². The van der Waals surface area contributed by atoms with E-state index in [-0.39, 0.29) is 0 Å². The summed E-state index contributed by atoms with van der Waals surface area (Å²) in [6.45, 7) is 3.25. The molecule has 0 aliphatic heterocycles. The molecule has 28 heavy (non-hydrogen) atoms. The van der Waals surface area contributed by atoms with Crippen molar-refractivity contribution < 1.29 is 0 Å². The Morgan fingerprint density at radius 1 is 0.750 bits per heavy atom. The van der Waals surface area contributed by atoms with Crippen LogP contribution in [0.4, 0.5) is 0 Å². The maximum atomic E-state index is 3.65. The van der Waals surface area contributed by atoms with Gasteiger partial charge in [-0.2, -0.15) is 0 Å². The van der Waals surface area contributed by atoms with Crippen molar-refractivity contribution in [3.8, 4) is 11.1 Å². The molecule has 0 bridgehead atoms. The lowest BCUT2D eigenvalue weighted by Crippen LogP contribution is -2.20. The Balaban J connectivity index is 1.47. The zero-order valence-corrected chi connectivity index (χ0v) is 16.4. The third kappa shape index (κ3) is 4.32. The highest BCUT2D eigenvalue weighted by molar-refractivity contribution is 5.97. The third-order valence-corrected chi connectivity index (χ3v) is 5.40. The molecule has 0 radical (unpaired) electrons. The lowest BCUT2D eigenvalue weighted by Gasteiger charge is -2.15. The molecule has 0 heterocycles. The largest absolute Gasteiger partial charge is 0.310 e. The number of hydrogen-bond donors (Lipinski definition) is 1. The molecule has 1 heteroatoms. The van der Waals surface area contributed by atoms with E-state index in [9.17, 15) is 0 Å². The van der Waals surface area contributed by atoms with Crippen LogP contribution in [0.25, 0.3) is 21.9 Å². The summed E-state index contributed by atoms with van der Waals surface area (Å²) in [7, 11) is 0. The normalized spacial score (nSPS) is 12.2. The van der Waals surface area contributed by atoms with Gasteiger partial charge in [0.1, 0.15) is 0 Å². The fourth-order valence-corrected chi connectivity index (χ4v) is 3.84. The van der Waals surface area contributed by atoms with Crippen molar-refractivity contribution >= 4 is 10.8 Å². The SMILES string of the molecule is CC(NCCCc1cc(-c2ccccc2)c2ccccc2c1)c1ccccc1. The first-order chi connectivity index (χ1) is 13.8. The zero-order chi connectivity index (χ0) is 19.2. The van der Waals surface area contributed by atoms with Gasteiger partial charge in [-0.3, -0.25) is 0 Å². The van der Waals surface area contributed by atoms with Crippen molar-refractivity contribution in [2.45, 2.75) is 25.8 Å². The second-order valence-corrected chi connectivity index (χ2v) is 7.42. The first kappa shape index (κ1) is 18.5. The summed E-state index contributed by atoms with van der Waals surface area (Å²) < 4.78 is 0. The second kappa shape index (κ2) is 8.86. The average molecular weight is 366 g/mol. The lowest BCUT2D eigenvalue weighted by atomic mass is 9.94. The Bertz CT molecular complexity index is 1020. The minimum Gasteiger partial charge on any atom is -0.310 e. The van der Waals surface area contributed by atoms with E-state index in [4.69, 9.17) is 0 Å². The summed E-state index contributed by atoms with van der Waals surface area (Å²) in [6.07, 6.45) is 2.21. The topological polar surface area (TPSA) is 12.0 Å². The van der Waals surface area contributed by atoms with Crippen LogP contribution < -0.4 is 5.32 Å². The molecule has 0 aromatic heterocycles. The van der Waals surface area contributed by atoms with Gasteiger partial charge in [0.15, 0.2) is 0 Å². The Kier molecular flexibility index (Phi) is 5.84. The fourth-order valence-electron chi connectivity index (χ4n) is 3.84. The first-order valence-electron chi connectivity index (χ1n) is 10.2. The molecule has 1 unspecified atom stereocenters. The molecule has 0 saturated carbocycles. The first-order valence-corrected chi connectivity index (χ1v) is 10.2. The van der Waals surface area contributed by atoms with Crippen molar-refractivity contribution in [3.63, 3.8) is 0 Å². The van der Waals surface area contributed by atoms with Crippen LogP contribution in [0.15, 0.2) is 97.1 Å². The average Bonchev–Trinajstić information content (AvgIpc) is 2.77. The van der Waals surface area contributed by atoms with Crippen LogP contribution in [0.1, 0.15) is 30.5 Å². The smallest absolute Gasteiger partial charge is 0.0291 e. The molecule has 0 aliphatic rings. The molecule has 4 rings (SSSR count). The van der Waals surface area contributed by atoms with Crippen molar-refractivity contribution in [1.29, 1.82) is 0 Å². The monoisotopic (exact) mass is 365 g/mol. The maximum Gasteiger partial charge on any atom is 0.0291 e. The Hall–Kier alpha value is -2.90. The van der Waals surface area contributed by atoms with Gasteiger partial charge in [0.25, 0.3) is 0 Å². The van der Waals surface area contributed by atoms with Gasteiger partial charge in [0.05, 0.1) is 0 Å². The van der Waals surface area contributed by atoms with E-state index >= 15 is 0 Å². The van der Waals surface area contributed by atoms with Crippen molar-refractivity contribution in [1.82, 2.24) is 5.32 Å². The summed E-state index contributed by atoms with van der Waals surface area (Å²) in [4.78, 5) is 0. The minimum absolute atomic E-state index is 0.387. The van der Waals surface area contributed by atoms with E-state index in [1.807, 2.05) is 0 Å². The van der Waals surface area contributed by atoms with Crippen LogP contribution in [-0.2, 0) is 6.42 Å². The summed E-state index contributed by atoms with van der Waals surface area (Å²) in [5.41, 5.74) is 5.38. The molecule has 1 atom stereocenters. The summed E-state index contributed by atoms with van der Waals surface area (Å²) >= 11 is 0.